The van der Waals surface area contributed by atoms with E-state index in [1.165, 1.54) is 136 Å². The number of aryl methyl sites for hydroxylation is 3. The van der Waals surface area contributed by atoms with Gasteiger partial charge in [0.1, 0.15) is 34.6 Å². The Kier molecular flexibility index (Phi) is 44.4. The summed E-state index contributed by atoms with van der Waals surface area (Å²) in [6, 6.07) is 61.5. The van der Waals surface area contributed by atoms with E-state index in [0.29, 0.717) is 63.1 Å². The molecule has 0 saturated carbocycles. The lowest BCUT2D eigenvalue weighted by atomic mass is 10.1. The van der Waals surface area contributed by atoms with Gasteiger partial charge in [-0.1, -0.05) is 128 Å². The van der Waals surface area contributed by atoms with Crippen molar-refractivity contribution in [1.82, 2.24) is 0 Å². The fourth-order valence-corrected chi connectivity index (χ4v) is 22.8. The van der Waals surface area contributed by atoms with Gasteiger partial charge < -0.3 is 100 Å². The summed E-state index contributed by atoms with van der Waals surface area (Å²) in [7, 11) is 20.3. The SMILES string of the molecule is CCN(CC)c1cccc(C)c1Pc1ccccc1OCOC.COCOc1c(OC)cc(OC)cc1Pc1ccc(F)cc1N1CCCCC1.COCOc1c(OC)cc(OC)cc1Pc1ccccc1N1CCCCC1.COCOc1c(OC)cccc1Pc1c(C)cccc1N1CCCCC1.COCOc1ccc(OC)cc1Pc1ccc(C)cc1N1CCCCC1. The third-order valence-corrected chi connectivity index (χ3v) is 29.8. The maximum Gasteiger partial charge on any atom is 0.188 e. The fraction of sp³-hybridized carbons (Fsp3) is 0.417. The van der Waals surface area contributed by atoms with E-state index in [2.05, 4.69) is 162 Å². The van der Waals surface area contributed by atoms with E-state index in [-0.39, 0.29) is 48.4 Å². The standard InChI is InChI=1S/C21H27FNO4P.C21H28NO4P.2C21H28NO3P.C19H26NO2P/c1-24-14-27-21-18(26-3)12-16(25-2)13-20(21)28-19-8-7-15(22)11-17(19)23-9-5-4-6-10-23;1-23-15-26-21-18(25-3)13-16(24-2)14-20(21)27-19-10-6-5-9-17(19)22-11-7-4-8-12-22;1-16-7-10-20(18(13-16)22-11-5-4-6-12-22)26-21-14-17(24-3)8-9-19(21)25-15-23-2;1-16-9-7-10-17(22-13-5-4-6-14-22)21(16)26-19-12-8-11-18(24-3)20(19)25-15-23-2;1-5-20(6-2)16-11-9-10-15(3)19(16)23-18-13-8-7-12-17(18)22-14-21-4/h7-8,11-13,28H,4-6,9-10,14H2,1-3H3;5-6,9-10,13-14,27H,4,7-8,11-12,15H2,1-3H3;7-10,13-14,26H,4-6,11-12,15H2,1-3H3;7-12,26H,4-6,13-15H2,1-3H3;7-13,23H,5-6,14H2,1-4H3. The van der Waals surface area contributed by atoms with E-state index in [0.717, 1.165) is 145 Å². The molecule has 4 fully saturated rings. The van der Waals surface area contributed by atoms with Crippen molar-refractivity contribution < 1.29 is 80.2 Å². The number of ether oxygens (including phenoxy) is 16. The van der Waals surface area contributed by atoms with Crippen LogP contribution in [0.3, 0.4) is 0 Å². The minimum absolute atomic E-state index is 0.114. The summed E-state index contributed by atoms with van der Waals surface area (Å²) >= 11 is 0. The van der Waals surface area contributed by atoms with Crippen LogP contribution in [-0.2, 0) is 23.7 Å². The maximum absolute atomic E-state index is 14.0. The molecule has 14 rings (SSSR count). The lowest BCUT2D eigenvalue weighted by Crippen LogP contribution is -2.33. The second kappa shape index (κ2) is 56.0. The van der Waals surface area contributed by atoms with Crippen LogP contribution in [-0.4, -0.2) is 178 Å². The lowest BCUT2D eigenvalue weighted by Gasteiger charge is -2.31. The molecule has 5 unspecified atom stereocenters. The zero-order valence-corrected chi connectivity index (χ0v) is 84.1. The normalized spacial score (nSPS) is 14.0. The highest BCUT2D eigenvalue weighted by atomic mass is 31.1. The summed E-state index contributed by atoms with van der Waals surface area (Å²) < 4.78 is 101. The first-order chi connectivity index (χ1) is 63.6. The second-order valence-corrected chi connectivity index (χ2v) is 38.0. The zero-order valence-electron chi connectivity index (χ0n) is 79.1. The fourth-order valence-electron chi connectivity index (χ4n) is 16.0. The van der Waals surface area contributed by atoms with Crippen LogP contribution in [0.2, 0.25) is 0 Å². The number of para-hydroxylation sites is 3. The van der Waals surface area contributed by atoms with Gasteiger partial charge in [0.25, 0.3) is 0 Å². The largest absolute Gasteiger partial charge is 0.497 e. The molecule has 10 aromatic rings. The molecule has 27 heteroatoms. The van der Waals surface area contributed by atoms with Crippen LogP contribution >= 0.6 is 42.9 Å². The Morgan fingerprint density at radius 2 is 0.669 bits per heavy atom. The molecule has 4 saturated heterocycles. The zero-order chi connectivity index (χ0) is 92.4. The number of anilines is 5. The molecule has 0 aliphatic carbocycles. The highest BCUT2D eigenvalue weighted by Gasteiger charge is 2.26. The number of hydrogen-bond donors (Lipinski definition) is 0. The first-order valence-corrected chi connectivity index (χ1v) is 49.9. The minimum Gasteiger partial charge on any atom is -0.497 e. The highest BCUT2D eigenvalue weighted by molar-refractivity contribution is 7.57. The van der Waals surface area contributed by atoms with E-state index in [1.54, 1.807) is 90.3 Å². The van der Waals surface area contributed by atoms with Gasteiger partial charge in [0, 0.05) is 195 Å². The smallest absolute Gasteiger partial charge is 0.188 e. The van der Waals surface area contributed by atoms with E-state index >= 15 is 0 Å². The van der Waals surface area contributed by atoms with Gasteiger partial charge in [0.2, 0.25) is 0 Å². The van der Waals surface area contributed by atoms with Crippen molar-refractivity contribution in [2.24, 2.45) is 0 Å². The molecule has 21 nitrogen and oxygen atoms in total. The van der Waals surface area contributed by atoms with E-state index in [9.17, 15) is 4.39 Å². The van der Waals surface area contributed by atoms with Crippen LogP contribution in [0.25, 0.3) is 0 Å². The van der Waals surface area contributed by atoms with Gasteiger partial charge in [-0.25, -0.2) is 4.39 Å². The first kappa shape index (κ1) is 103. The molecule has 4 aliphatic rings. The monoisotopic (exact) mass is 1870 g/mol. The molecule has 10 aromatic carbocycles. The van der Waals surface area contributed by atoms with Gasteiger partial charge in [0.15, 0.2) is 68.5 Å². The number of hydrogen-bond acceptors (Lipinski definition) is 21. The Morgan fingerprint density at radius 3 is 1.18 bits per heavy atom. The van der Waals surface area contributed by atoms with E-state index in [1.807, 2.05) is 60.7 Å². The number of rotatable bonds is 38. The van der Waals surface area contributed by atoms with E-state index < -0.39 is 0 Å². The molecule has 0 bridgehead atoms. The molecule has 4 aliphatic heterocycles. The molecule has 5 atom stereocenters. The predicted molar refractivity (Wildman–Crippen MR) is 546 cm³/mol. The Hall–Kier alpha value is -9.12. The van der Waals surface area contributed by atoms with Gasteiger partial charge in [-0.2, -0.15) is 0 Å². The van der Waals surface area contributed by atoms with Crippen molar-refractivity contribution in [1.29, 1.82) is 0 Å². The molecule has 0 radical (unpaired) electrons. The number of methoxy groups -OCH3 is 11. The summed E-state index contributed by atoms with van der Waals surface area (Å²) in [6.07, 6.45) is 15.1. The Morgan fingerprint density at radius 1 is 0.285 bits per heavy atom. The van der Waals surface area contributed by atoms with Gasteiger partial charge in [-0.15, -0.1) is 0 Å². The van der Waals surface area contributed by atoms with Crippen LogP contribution in [0.1, 0.15) is 108 Å². The quantitative estimate of drug-likeness (QED) is 0.0265. The molecule has 0 aromatic heterocycles. The van der Waals surface area contributed by atoms with Crippen LogP contribution in [0.5, 0.6) is 63.2 Å². The summed E-state index contributed by atoms with van der Waals surface area (Å²) in [4.78, 5) is 12.3. The number of piperidine rings is 4. The van der Waals surface area contributed by atoms with Crippen LogP contribution in [0.15, 0.2) is 182 Å². The van der Waals surface area contributed by atoms with Crippen LogP contribution in [0.4, 0.5) is 32.8 Å². The average Bonchev–Trinajstić information content (AvgIpc) is 0.817. The van der Waals surface area contributed by atoms with Gasteiger partial charge in [0.05, 0.1) is 42.7 Å². The summed E-state index contributed by atoms with van der Waals surface area (Å²) in [6.45, 7) is 22.7. The van der Waals surface area contributed by atoms with Gasteiger partial charge >= 0.3 is 0 Å². The molecule has 130 heavy (non-hydrogen) atoms. The Bertz CT molecular complexity index is 5060. The molecule has 702 valence electrons. The van der Waals surface area contributed by atoms with Crippen LogP contribution in [0, 0.1) is 26.6 Å². The summed E-state index contributed by atoms with van der Waals surface area (Å²) in [5.74, 6) is 7.95. The number of nitrogens with zero attached hydrogens (tertiary/aromatic N) is 5. The average molecular weight is 1880 g/mol. The molecular formula is C103H137FN5O16P5. The lowest BCUT2D eigenvalue weighted by molar-refractivity contribution is 0.0498. The third-order valence-electron chi connectivity index (χ3n) is 22.6. The van der Waals surface area contributed by atoms with Gasteiger partial charge in [-0.3, -0.25) is 0 Å². The Labute approximate surface area is 781 Å². The van der Waals surface area contributed by atoms with E-state index in [4.69, 9.17) is 75.8 Å². The number of benzene rings is 10. The third kappa shape index (κ3) is 30.2. The van der Waals surface area contributed by atoms with Gasteiger partial charge in [-0.05, 0) is 213 Å². The minimum atomic E-state index is -0.215. The molecule has 0 amide bonds. The van der Waals surface area contributed by atoms with Crippen molar-refractivity contribution in [3.8, 4) is 63.2 Å². The number of halogens is 1. The van der Waals surface area contributed by atoms with Crippen molar-refractivity contribution in [2.45, 2.75) is 112 Å². The summed E-state index contributed by atoms with van der Waals surface area (Å²) in [5.41, 5.74) is 10.3. The predicted octanol–water partition coefficient (Wildman–Crippen LogP) is 17.4. The topological polar surface area (TPSA) is 164 Å². The Balaban J connectivity index is 0.000000169. The molecule has 0 N–H and O–H groups in total. The second-order valence-electron chi connectivity index (χ2n) is 31.5. The summed E-state index contributed by atoms with van der Waals surface area (Å²) in [5, 5.41) is 12.0. The van der Waals surface area contributed by atoms with Crippen molar-refractivity contribution >= 4 is 124 Å². The molecule has 4 heterocycles. The molecule has 0 spiro atoms. The maximum atomic E-state index is 14.0. The van der Waals surface area contributed by atoms with Crippen molar-refractivity contribution in [3.05, 3.63) is 204 Å². The van der Waals surface area contributed by atoms with Crippen LogP contribution < -0.4 is 130 Å². The van der Waals surface area contributed by atoms with Crippen molar-refractivity contribution in [3.63, 3.8) is 0 Å². The molecular weight excluding hydrogens is 1740 g/mol. The van der Waals surface area contributed by atoms with Crippen molar-refractivity contribution in [2.75, 3.05) is 202 Å². The first-order valence-electron chi connectivity index (χ1n) is 44.9. The highest BCUT2D eigenvalue weighted by Crippen LogP contribution is 2.40.